The number of aliphatic carboxylic acids is 1. The molecule has 2 fully saturated rings. The van der Waals surface area contributed by atoms with Crippen LogP contribution in [0.25, 0.3) is 39.2 Å². The van der Waals surface area contributed by atoms with E-state index >= 15 is 0 Å². The minimum atomic E-state index is -0.820. The maximum atomic E-state index is 13.2. The van der Waals surface area contributed by atoms with E-state index in [4.69, 9.17) is 38.0 Å². The molecule has 7 rings (SSSR count). The van der Waals surface area contributed by atoms with Gasteiger partial charge in [-0.3, -0.25) is 34.4 Å². The number of methoxy groups -OCH3 is 1. The summed E-state index contributed by atoms with van der Waals surface area (Å²) < 4.78 is 7.11. The Labute approximate surface area is 297 Å². The first kappa shape index (κ1) is 33.6. The number of ether oxygens (including phenoxy) is 1. The van der Waals surface area contributed by atoms with Gasteiger partial charge in [-0.1, -0.05) is 65.7 Å². The fourth-order valence-electron chi connectivity index (χ4n) is 6.29. The summed E-state index contributed by atoms with van der Waals surface area (Å²) in [5.74, 6) is -0.741. The van der Waals surface area contributed by atoms with E-state index in [1.165, 1.54) is 4.40 Å². The molecular weight excluding hydrogens is 681 g/mol. The molecule has 5 heterocycles. The van der Waals surface area contributed by atoms with E-state index in [0.29, 0.717) is 84.2 Å². The number of rotatable bonds is 11. The Kier molecular flexibility index (Phi) is 9.54. The molecule has 1 amide bonds. The van der Waals surface area contributed by atoms with Gasteiger partial charge in [0.2, 0.25) is 11.8 Å². The number of carboxylic acid groups (broad SMARTS) is 1. The number of halogens is 2. The zero-order valence-electron chi connectivity index (χ0n) is 27.0. The minimum Gasteiger partial charge on any atom is -0.481 e. The molecule has 14 heteroatoms. The Morgan fingerprint density at radius 1 is 1.00 bits per heavy atom. The molecule has 0 radical (unpaired) electrons. The maximum absolute atomic E-state index is 13.2. The van der Waals surface area contributed by atoms with Gasteiger partial charge in [0.1, 0.15) is 5.65 Å². The number of aromatic nitrogens is 3. The van der Waals surface area contributed by atoms with Crippen LogP contribution in [-0.4, -0.2) is 74.7 Å². The number of amides is 1. The number of carbonyl (C=O) groups is 2. The van der Waals surface area contributed by atoms with E-state index in [-0.39, 0.29) is 11.5 Å². The van der Waals surface area contributed by atoms with Crippen molar-refractivity contribution < 1.29 is 19.4 Å². The number of benzene rings is 2. The maximum Gasteiger partial charge on any atom is 0.309 e. The summed E-state index contributed by atoms with van der Waals surface area (Å²) in [6, 6.07) is 18.9. The standard InChI is InChI=1S/C36H33Cl2N7O5/c1-50-34-22(15-39-20-44-12-11-31(46)42-44)8-9-29(41-34)28-7-3-6-27(33(28)38)26-5-2-4-25(32(26)37)21-10-13-45-30(14-21)40-16-23(35(45)47)17-43-18-24(19-43)36(48)49/h2-10,13-14,16,24,39H,11-12,15,17-20H2,1H3,(H,42,46)(H,48,49). The van der Waals surface area contributed by atoms with E-state index < -0.39 is 11.9 Å². The molecule has 0 bridgehead atoms. The zero-order chi connectivity index (χ0) is 34.9. The Bertz CT molecular complexity index is 2190. The summed E-state index contributed by atoms with van der Waals surface area (Å²) in [5.41, 5.74) is 8.75. The topological polar surface area (TPSA) is 141 Å². The monoisotopic (exact) mass is 713 g/mol. The molecule has 0 unspecified atom stereocenters. The number of hydrazine groups is 1. The minimum absolute atomic E-state index is 0.0137. The molecule has 0 spiro atoms. The lowest BCUT2D eigenvalue weighted by Crippen LogP contribution is -2.50. The quantitative estimate of drug-likeness (QED) is 0.176. The molecule has 50 heavy (non-hydrogen) atoms. The van der Waals surface area contributed by atoms with Crippen LogP contribution in [0.15, 0.2) is 77.9 Å². The molecule has 256 valence electrons. The smallest absolute Gasteiger partial charge is 0.309 e. The van der Waals surface area contributed by atoms with Gasteiger partial charge in [0, 0.05) is 79.4 Å². The number of nitrogens with one attached hydrogen (secondary N) is 2. The van der Waals surface area contributed by atoms with Crippen LogP contribution in [0.5, 0.6) is 5.88 Å². The average Bonchev–Trinajstić information content (AvgIpc) is 3.51. The van der Waals surface area contributed by atoms with Crippen molar-refractivity contribution in [2.75, 3.05) is 33.4 Å². The molecule has 3 aromatic heterocycles. The van der Waals surface area contributed by atoms with Crippen molar-refractivity contribution in [1.82, 2.24) is 35.0 Å². The third-order valence-electron chi connectivity index (χ3n) is 9.00. The molecule has 3 N–H and O–H groups in total. The van der Waals surface area contributed by atoms with Crippen LogP contribution >= 0.6 is 23.2 Å². The molecule has 2 saturated heterocycles. The van der Waals surface area contributed by atoms with Crippen molar-refractivity contribution in [2.45, 2.75) is 19.5 Å². The second-order valence-electron chi connectivity index (χ2n) is 12.3. The first-order valence-electron chi connectivity index (χ1n) is 16.0. The normalized spacial score (nSPS) is 15.3. The zero-order valence-corrected chi connectivity index (χ0v) is 28.5. The number of hydrogen-bond donors (Lipinski definition) is 3. The molecule has 0 aliphatic carbocycles. The summed E-state index contributed by atoms with van der Waals surface area (Å²) in [6.45, 7) is 2.82. The van der Waals surface area contributed by atoms with E-state index in [1.54, 1.807) is 19.5 Å². The van der Waals surface area contributed by atoms with Crippen LogP contribution in [0.2, 0.25) is 10.0 Å². The first-order chi connectivity index (χ1) is 24.2. The Morgan fingerprint density at radius 2 is 1.72 bits per heavy atom. The van der Waals surface area contributed by atoms with Crippen molar-refractivity contribution in [3.8, 4) is 39.4 Å². The van der Waals surface area contributed by atoms with Crippen molar-refractivity contribution in [1.29, 1.82) is 0 Å². The van der Waals surface area contributed by atoms with Gasteiger partial charge in [-0.15, -0.1) is 0 Å². The second-order valence-corrected chi connectivity index (χ2v) is 13.0. The fraction of sp³-hybridized carbons (Fsp3) is 0.250. The summed E-state index contributed by atoms with van der Waals surface area (Å²) in [4.78, 5) is 47.1. The lowest BCUT2D eigenvalue weighted by atomic mass is 9.97. The summed E-state index contributed by atoms with van der Waals surface area (Å²) in [6.07, 6.45) is 3.72. The van der Waals surface area contributed by atoms with Crippen LogP contribution in [0.3, 0.4) is 0 Å². The third-order valence-corrected chi connectivity index (χ3v) is 9.81. The highest BCUT2D eigenvalue weighted by atomic mass is 35.5. The van der Waals surface area contributed by atoms with Crippen molar-refractivity contribution in [2.24, 2.45) is 5.92 Å². The van der Waals surface area contributed by atoms with Gasteiger partial charge in [0.25, 0.3) is 5.56 Å². The number of nitrogens with zero attached hydrogens (tertiary/aromatic N) is 5. The summed E-state index contributed by atoms with van der Waals surface area (Å²) >= 11 is 14.1. The fourth-order valence-corrected chi connectivity index (χ4v) is 6.95. The molecule has 2 aliphatic rings. The summed E-state index contributed by atoms with van der Waals surface area (Å²) in [7, 11) is 1.57. The van der Waals surface area contributed by atoms with Crippen LogP contribution in [-0.2, 0) is 22.7 Å². The molecule has 12 nitrogen and oxygen atoms in total. The molecule has 2 aliphatic heterocycles. The van der Waals surface area contributed by atoms with Crippen LogP contribution in [0.4, 0.5) is 0 Å². The summed E-state index contributed by atoms with van der Waals surface area (Å²) in [5, 5.41) is 15.2. The van der Waals surface area contributed by atoms with Gasteiger partial charge in [-0.2, -0.15) is 0 Å². The van der Waals surface area contributed by atoms with E-state index in [0.717, 1.165) is 27.8 Å². The third kappa shape index (κ3) is 6.68. The van der Waals surface area contributed by atoms with Crippen molar-refractivity contribution in [3.05, 3.63) is 105 Å². The van der Waals surface area contributed by atoms with Crippen molar-refractivity contribution in [3.63, 3.8) is 0 Å². The molecule has 0 saturated carbocycles. The molecule has 0 atom stereocenters. The lowest BCUT2D eigenvalue weighted by molar-refractivity contribution is -0.147. The van der Waals surface area contributed by atoms with Crippen LogP contribution in [0, 0.1) is 5.92 Å². The highest BCUT2D eigenvalue weighted by molar-refractivity contribution is 6.39. The largest absolute Gasteiger partial charge is 0.481 e. The number of hydrogen-bond acceptors (Lipinski definition) is 9. The van der Waals surface area contributed by atoms with Gasteiger partial charge < -0.3 is 9.84 Å². The average molecular weight is 715 g/mol. The number of likely N-dealkylation sites (tertiary alicyclic amines) is 1. The van der Waals surface area contributed by atoms with Gasteiger partial charge >= 0.3 is 5.97 Å². The molecule has 5 aromatic rings. The van der Waals surface area contributed by atoms with Crippen LogP contribution < -0.4 is 21.0 Å². The number of pyridine rings is 2. The van der Waals surface area contributed by atoms with Gasteiger partial charge in [-0.25, -0.2) is 15.0 Å². The number of carboxylic acids is 1. The highest BCUT2D eigenvalue weighted by Crippen LogP contribution is 2.42. The van der Waals surface area contributed by atoms with Gasteiger partial charge in [-0.05, 0) is 23.8 Å². The highest BCUT2D eigenvalue weighted by Gasteiger charge is 2.32. The van der Waals surface area contributed by atoms with E-state index in [9.17, 15) is 14.4 Å². The van der Waals surface area contributed by atoms with E-state index in [2.05, 4.69) is 15.7 Å². The molecular formula is C36H33Cl2N7O5. The number of fused-ring (bicyclic) bond motifs is 1. The predicted molar refractivity (Wildman–Crippen MR) is 190 cm³/mol. The Balaban J connectivity index is 1.12. The van der Waals surface area contributed by atoms with Crippen LogP contribution in [0.1, 0.15) is 17.5 Å². The van der Waals surface area contributed by atoms with Gasteiger partial charge in [0.05, 0.1) is 41.0 Å². The Hall–Kier alpha value is -4.85. The predicted octanol–water partition coefficient (Wildman–Crippen LogP) is 4.71. The first-order valence-corrected chi connectivity index (χ1v) is 16.8. The lowest BCUT2D eigenvalue weighted by Gasteiger charge is -2.36. The molecule has 2 aromatic carbocycles. The second kappa shape index (κ2) is 14.2. The van der Waals surface area contributed by atoms with Crippen molar-refractivity contribution >= 4 is 40.7 Å². The van der Waals surface area contributed by atoms with E-state index in [1.807, 2.05) is 70.6 Å². The number of carbonyl (C=O) groups excluding carboxylic acids is 1. The SMILES string of the molecule is COc1nc(-c2cccc(-c3cccc(-c4ccn5c(=O)c(CN6CC(C(=O)O)C6)cnc5c4)c3Cl)c2Cl)ccc1CNCN1CCC(=O)N1. The van der Waals surface area contributed by atoms with Gasteiger partial charge in [0.15, 0.2) is 0 Å². The Morgan fingerprint density at radius 3 is 2.42 bits per heavy atom.